The van der Waals surface area contributed by atoms with Gasteiger partial charge in [-0.25, -0.2) is 0 Å². The number of carbonyl (C=O) groups excluding carboxylic acids is 2. The smallest absolute Gasteiger partial charge is 0.235 e. The molecule has 0 amide bonds. The summed E-state index contributed by atoms with van der Waals surface area (Å²) in [6.45, 7) is 5.92. The molecule has 8 heteroatoms. The van der Waals surface area contributed by atoms with Gasteiger partial charge in [0, 0.05) is 17.8 Å². The van der Waals surface area contributed by atoms with Crippen LogP contribution in [0, 0.1) is 23.7 Å². The SMILES string of the molecule is CCC1CCC(COc2ccc(/C=C/C(=O)CC(c3ccc(N)cc3N)C(O)(O)C(=O)/C=C/c3ccc(OCC4CCC(CC)CC4)cc3)cc2)CC1. The Labute approximate surface area is 315 Å². The highest BCUT2D eigenvalue weighted by molar-refractivity contribution is 6.01. The number of hydrogen-bond acceptors (Lipinski definition) is 8. The van der Waals surface area contributed by atoms with E-state index in [4.69, 9.17) is 20.9 Å². The van der Waals surface area contributed by atoms with Crippen molar-refractivity contribution in [3.05, 3.63) is 95.6 Å². The van der Waals surface area contributed by atoms with E-state index in [9.17, 15) is 19.8 Å². The number of nitrogens with two attached hydrogens (primary N) is 2. The first-order valence-electron chi connectivity index (χ1n) is 19.5. The Bertz CT molecular complexity index is 1680. The van der Waals surface area contributed by atoms with Crippen LogP contribution >= 0.6 is 0 Å². The van der Waals surface area contributed by atoms with E-state index in [1.807, 2.05) is 48.5 Å². The van der Waals surface area contributed by atoms with Crippen LogP contribution in [0.5, 0.6) is 11.5 Å². The molecule has 3 aromatic rings. The monoisotopic (exact) mass is 722 g/mol. The number of rotatable bonds is 17. The van der Waals surface area contributed by atoms with E-state index in [0.717, 1.165) is 35.0 Å². The van der Waals surface area contributed by atoms with Crippen LogP contribution in [0.25, 0.3) is 12.2 Å². The Hall–Kier alpha value is -4.40. The fraction of sp³-hybridized carbons (Fsp3) is 0.467. The van der Waals surface area contributed by atoms with E-state index in [1.165, 1.54) is 88.5 Å². The molecule has 2 aliphatic carbocycles. The van der Waals surface area contributed by atoms with E-state index in [1.54, 1.807) is 12.1 Å². The first kappa shape index (κ1) is 39.8. The van der Waals surface area contributed by atoms with Gasteiger partial charge in [-0.2, -0.15) is 0 Å². The molecule has 284 valence electrons. The molecule has 53 heavy (non-hydrogen) atoms. The van der Waals surface area contributed by atoms with Crippen molar-refractivity contribution < 1.29 is 29.3 Å². The van der Waals surface area contributed by atoms with E-state index in [2.05, 4.69) is 13.8 Å². The van der Waals surface area contributed by atoms with Crippen LogP contribution in [0.15, 0.2) is 78.9 Å². The molecule has 5 rings (SSSR count). The van der Waals surface area contributed by atoms with E-state index in [0.29, 0.717) is 36.3 Å². The van der Waals surface area contributed by atoms with Crippen LogP contribution in [0.3, 0.4) is 0 Å². The molecular formula is C45H58N2O6. The van der Waals surface area contributed by atoms with E-state index < -0.39 is 23.3 Å². The quantitative estimate of drug-likeness (QED) is 0.0615. The van der Waals surface area contributed by atoms with Crippen LogP contribution in [-0.4, -0.2) is 40.8 Å². The number of benzene rings is 3. The van der Waals surface area contributed by atoms with Crippen molar-refractivity contribution in [2.24, 2.45) is 23.7 Å². The van der Waals surface area contributed by atoms with Gasteiger partial charge >= 0.3 is 0 Å². The number of nitrogen functional groups attached to an aromatic ring is 2. The Balaban J connectivity index is 1.19. The minimum atomic E-state index is -2.93. The zero-order valence-electron chi connectivity index (χ0n) is 31.4. The van der Waals surface area contributed by atoms with Gasteiger partial charge in [0.25, 0.3) is 0 Å². The second-order valence-electron chi connectivity index (χ2n) is 15.2. The van der Waals surface area contributed by atoms with Crippen molar-refractivity contribution >= 4 is 35.1 Å². The second-order valence-corrected chi connectivity index (χ2v) is 15.2. The maximum Gasteiger partial charge on any atom is 0.235 e. The third-order valence-electron chi connectivity index (χ3n) is 11.4. The summed E-state index contributed by atoms with van der Waals surface area (Å²) in [6.07, 6.45) is 17.7. The summed E-state index contributed by atoms with van der Waals surface area (Å²) in [5.74, 6) is -1.30. The number of aliphatic hydroxyl groups is 2. The lowest BCUT2D eigenvalue weighted by molar-refractivity contribution is -0.187. The van der Waals surface area contributed by atoms with Gasteiger partial charge < -0.3 is 31.2 Å². The molecule has 8 nitrogen and oxygen atoms in total. The number of carbonyl (C=O) groups is 2. The van der Waals surface area contributed by atoms with Crippen molar-refractivity contribution in [1.29, 1.82) is 0 Å². The molecule has 0 heterocycles. The predicted molar refractivity (Wildman–Crippen MR) is 213 cm³/mol. The molecule has 2 aliphatic rings. The first-order chi connectivity index (χ1) is 25.5. The summed E-state index contributed by atoms with van der Waals surface area (Å²) in [6, 6.07) is 19.4. The minimum absolute atomic E-state index is 0.152. The zero-order valence-corrected chi connectivity index (χ0v) is 31.4. The van der Waals surface area contributed by atoms with Gasteiger partial charge in [-0.05, 0) is 115 Å². The van der Waals surface area contributed by atoms with Gasteiger partial charge in [0.1, 0.15) is 11.5 Å². The molecule has 1 unspecified atom stereocenters. The number of anilines is 2. The third kappa shape index (κ3) is 11.5. The van der Waals surface area contributed by atoms with Gasteiger partial charge in [0.15, 0.2) is 5.78 Å². The molecule has 0 bridgehead atoms. The standard InChI is InChI=1S/C45H58N2O6/c1-3-31-5-9-35(10-6-31)29-52-39-21-14-33(15-22-39)13-20-38(48)28-42(41-25-19-37(46)27-43(41)47)45(50,51)44(49)26-18-34-16-23-40(24-17-34)53-30-36-11-7-32(4-2)8-12-36/h13-27,31-32,35-36,42,50-51H,3-12,28-30,46-47H2,1-2H3/b20-13+,26-18+. The lowest BCUT2D eigenvalue weighted by atomic mass is 9.81. The normalized spacial score (nSPS) is 21.4. The molecule has 2 saturated carbocycles. The van der Waals surface area contributed by atoms with Crippen molar-refractivity contribution in [2.75, 3.05) is 24.7 Å². The number of allylic oxidation sites excluding steroid dienone is 1. The Morgan fingerprint density at radius 2 is 1.15 bits per heavy atom. The molecule has 0 radical (unpaired) electrons. The highest BCUT2D eigenvalue weighted by atomic mass is 16.5. The van der Waals surface area contributed by atoms with Crippen LogP contribution < -0.4 is 20.9 Å². The van der Waals surface area contributed by atoms with E-state index in [-0.39, 0.29) is 17.7 Å². The van der Waals surface area contributed by atoms with Crippen LogP contribution in [0.2, 0.25) is 0 Å². The Morgan fingerprint density at radius 3 is 1.60 bits per heavy atom. The molecule has 0 aliphatic heterocycles. The van der Waals surface area contributed by atoms with Crippen molar-refractivity contribution in [2.45, 2.75) is 96.2 Å². The first-order valence-corrected chi connectivity index (χ1v) is 19.5. The maximum absolute atomic E-state index is 13.4. The topological polar surface area (TPSA) is 145 Å². The Morgan fingerprint density at radius 1 is 0.698 bits per heavy atom. The average Bonchev–Trinajstić information content (AvgIpc) is 3.18. The summed E-state index contributed by atoms with van der Waals surface area (Å²) in [4.78, 5) is 26.7. The third-order valence-corrected chi connectivity index (χ3v) is 11.4. The van der Waals surface area contributed by atoms with Crippen molar-refractivity contribution in [3.63, 3.8) is 0 Å². The summed E-state index contributed by atoms with van der Waals surface area (Å²) in [7, 11) is 0. The van der Waals surface area contributed by atoms with Crippen LogP contribution in [0.4, 0.5) is 11.4 Å². The maximum atomic E-state index is 13.4. The predicted octanol–water partition coefficient (Wildman–Crippen LogP) is 8.76. The summed E-state index contributed by atoms with van der Waals surface area (Å²) >= 11 is 0. The number of ketones is 2. The van der Waals surface area contributed by atoms with E-state index >= 15 is 0 Å². The van der Waals surface area contributed by atoms with Gasteiger partial charge in [-0.15, -0.1) is 0 Å². The second kappa shape index (κ2) is 19.1. The molecule has 0 spiro atoms. The summed E-state index contributed by atoms with van der Waals surface area (Å²) in [5.41, 5.74) is 14.4. The Kier molecular flexibility index (Phi) is 14.3. The highest BCUT2D eigenvalue weighted by Gasteiger charge is 2.43. The molecule has 1 atom stereocenters. The summed E-state index contributed by atoms with van der Waals surface area (Å²) in [5, 5.41) is 22.7. The molecular weight excluding hydrogens is 665 g/mol. The van der Waals surface area contributed by atoms with Crippen molar-refractivity contribution in [1.82, 2.24) is 0 Å². The van der Waals surface area contributed by atoms with Gasteiger partial charge in [-0.3, -0.25) is 9.59 Å². The number of ether oxygens (including phenoxy) is 2. The highest BCUT2D eigenvalue weighted by Crippen LogP contribution is 2.37. The zero-order chi connectivity index (χ0) is 37.8. The van der Waals surface area contributed by atoms with Crippen LogP contribution in [0.1, 0.15) is 107 Å². The van der Waals surface area contributed by atoms with Gasteiger partial charge in [0.2, 0.25) is 11.6 Å². The fourth-order valence-electron chi connectivity index (χ4n) is 7.70. The minimum Gasteiger partial charge on any atom is -0.493 e. The molecule has 6 N–H and O–H groups in total. The molecule has 2 fully saturated rings. The van der Waals surface area contributed by atoms with Gasteiger partial charge in [0.05, 0.1) is 19.1 Å². The largest absolute Gasteiger partial charge is 0.493 e. The number of hydrogen-bond donors (Lipinski definition) is 4. The fourth-order valence-corrected chi connectivity index (χ4v) is 7.70. The van der Waals surface area contributed by atoms with Crippen LogP contribution in [-0.2, 0) is 9.59 Å². The van der Waals surface area contributed by atoms with Gasteiger partial charge in [-0.1, -0.05) is 94.9 Å². The lowest BCUT2D eigenvalue weighted by Crippen LogP contribution is -2.44. The average molecular weight is 723 g/mol. The van der Waals surface area contributed by atoms with Crippen molar-refractivity contribution in [3.8, 4) is 11.5 Å². The molecule has 3 aromatic carbocycles. The molecule has 0 saturated heterocycles. The molecule has 0 aromatic heterocycles. The lowest BCUT2D eigenvalue weighted by Gasteiger charge is -2.30. The summed E-state index contributed by atoms with van der Waals surface area (Å²) < 4.78 is 12.1.